The number of aryl methyl sites for hydroxylation is 1. The van der Waals surface area contributed by atoms with Gasteiger partial charge in [0.1, 0.15) is 11.6 Å². The van der Waals surface area contributed by atoms with Crippen molar-refractivity contribution >= 4 is 11.6 Å². The van der Waals surface area contributed by atoms with E-state index in [2.05, 4.69) is 21.8 Å². The van der Waals surface area contributed by atoms with Gasteiger partial charge in [-0.15, -0.1) is 0 Å². The molecule has 0 aliphatic rings. The number of halogens is 2. The van der Waals surface area contributed by atoms with Crippen molar-refractivity contribution in [2.45, 2.75) is 38.8 Å². The summed E-state index contributed by atoms with van der Waals surface area (Å²) in [6.45, 7) is 3.10. The highest BCUT2D eigenvalue weighted by Crippen LogP contribution is 2.19. The molecule has 0 aliphatic carbocycles. The van der Waals surface area contributed by atoms with Gasteiger partial charge in [0.15, 0.2) is 0 Å². The van der Waals surface area contributed by atoms with E-state index in [4.69, 9.17) is 11.6 Å². The summed E-state index contributed by atoms with van der Waals surface area (Å²) in [5, 5.41) is 3.42. The second-order valence-electron chi connectivity index (χ2n) is 5.14. The molecule has 0 saturated heterocycles. The standard InChI is InChI=1S/C16H21ClFN3/c1-3-8-21-9-7-20-15(21)11-13(19-2)10-12-5-4-6-14(17)16(12)18/h4-7,9,13,19H,3,8,10-11H2,1-2H3. The molecule has 1 N–H and O–H groups in total. The lowest BCUT2D eigenvalue weighted by atomic mass is 10.0. The normalized spacial score (nSPS) is 12.6. The first-order chi connectivity index (χ1) is 10.2. The minimum absolute atomic E-state index is 0.121. The third-order valence-corrected chi connectivity index (χ3v) is 3.89. The van der Waals surface area contributed by atoms with Crippen LogP contribution in [0, 0.1) is 5.82 Å². The minimum atomic E-state index is -0.323. The van der Waals surface area contributed by atoms with Crippen LogP contribution in [0.3, 0.4) is 0 Å². The molecular formula is C16H21ClFN3. The molecule has 1 atom stereocenters. The van der Waals surface area contributed by atoms with Gasteiger partial charge in [0.05, 0.1) is 5.02 Å². The van der Waals surface area contributed by atoms with Crippen molar-refractivity contribution in [3.8, 4) is 0 Å². The average molecular weight is 310 g/mol. The zero-order valence-electron chi connectivity index (χ0n) is 12.4. The maximum Gasteiger partial charge on any atom is 0.145 e. The van der Waals surface area contributed by atoms with Gasteiger partial charge in [-0.2, -0.15) is 0 Å². The van der Waals surface area contributed by atoms with Gasteiger partial charge in [-0.1, -0.05) is 30.7 Å². The number of aromatic nitrogens is 2. The molecular weight excluding hydrogens is 289 g/mol. The molecule has 1 aromatic carbocycles. The van der Waals surface area contributed by atoms with Crippen LogP contribution in [0.5, 0.6) is 0 Å². The first-order valence-electron chi connectivity index (χ1n) is 7.25. The molecule has 0 aliphatic heterocycles. The van der Waals surface area contributed by atoms with E-state index in [-0.39, 0.29) is 16.9 Å². The Kier molecular flexibility index (Phi) is 5.76. The van der Waals surface area contributed by atoms with Gasteiger partial charge in [0, 0.05) is 31.4 Å². The van der Waals surface area contributed by atoms with Gasteiger partial charge >= 0.3 is 0 Å². The molecule has 0 amide bonds. The average Bonchev–Trinajstić information content (AvgIpc) is 2.90. The third kappa shape index (κ3) is 4.05. The maximum atomic E-state index is 14.0. The van der Waals surface area contributed by atoms with Crippen LogP contribution in [0.2, 0.25) is 5.02 Å². The summed E-state index contributed by atoms with van der Waals surface area (Å²) in [7, 11) is 1.89. The molecule has 1 aromatic heterocycles. The fraction of sp³-hybridized carbons (Fsp3) is 0.438. The fourth-order valence-electron chi connectivity index (χ4n) is 2.44. The smallest absolute Gasteiger partial charge is 0.145 e. The van der Waals surface area contributed by atoms with Crippen LogP contribution in [0.4, 0.5) is 4.39 Å². The van der Waals surface area contributed by atoms with Gasteiger partial charge in [0.2, 0.25) is 0 Å². The van der Waals surface area contributed by atoms with E-state index in [1.807, 2.05) is 19.4 Å². The number of imidazole rings is 1. The Bertz CT molecular complexity index is 583. The lowest BCUT2D eigenvalue weighted by Gasteiger charge is -2.17. The van der Waals surface area contributed by atoms with Crippen molar-refractivity contribution in [1.82, 2.24) is 14.9 Å². The molecule has 0 fully saturated rings. The van der Waals surface area contributed by atoms with Crippen LogP contribution in [0.25, 0.3) is 0 Å². The SMILES string of the molecule is CCCn1ccnc1CC(Cc1cccc(Cl)c1F)NC. The quantitative estimate of drug-likeness (QED) is 0.849. The number of likely N-dealkylation sites (N-methyl/N-ethyl adjacent to an activating group) is 1. The van der Waals surface area contributed by atoms with Crippen LogP contribution in [0.15, 0.2) is 30.6 Å². The van der Waals surface area contributed by atoms with E-state index in [9.17, 15) is 4.39 Å². The molecule has 2 aromatic rings. The van der Waals surface area contributed by atoms with Crippen molar-refractivity contribution < 1.29 is 4.39 Å². The van der Waals surface area contributed by atoms with Crippen molar-refractivity contribution in [1.29, 1.82) is 0 Å². The first kappa shape index (κ1) is 16.0. The van der Waals surface area contributed by atoms with E-state index in [1.54, 1.807) is 18.2 Å². The van der Waals surface area contributed by atoms with Crippen molar-refractivity contribution in [2.24, 2.45) is 0 Å². The highest BCUT2D eigenvalue weighted by Gasteiger charge is 2.15. The number of benzene rings is 1. The lowest BCUT2D eigenvalue weighted by molar-refractivity contribution is 0.506. The molecule has 1 heterocycles. The summed E-state index contributed by atoms with van der Waals surface area (Å²) >= 11 is 5.84. The van der Waals surface area contributed by atoms with Crippen LogP contribution in [0.1, 0.15) is 24.7 Å². The topological polar surface area (TPSA) is 29.9 Å². The maximum absolute atomic E-state index is 14.0. The number of hydrogen-bond donors (Lipinski definition) is 1. The number of nitrogens with one attached hydrogen (secondary N) is 1. The predicted octanol–water partition coefficient (Wildman–Crippen LogP) is 3.46. The Labute approximate surface area is 130 Å². The first-order valence-corrected chi connectivity index (χ1v) is 7.63. The molecule has 3 nitrogen and oxygen atoms in total. The Morgan fingerprint density at radius 2 is 2.19 bits per heavy atom. The number of rotatable bonds is 7. The molecule has 0 saturated carbocycles. The Balaban J connectivity index is 2.09. The van der Waals surface area contributed by atoms with Gasteiger partial charge in [-0.25, -0.2) is 9.37 Å². The second-order valence-corrected chi connectivity index (χ2v) is 5.55. The summed E-state index contributed by atoms with van der Waals surface area (Å²) < 4.78 is 16.1. The molecule has 2 rings (SSSR count). The van der Waals surface area contributed by atoms with Gasteiger partial charge in [-0.3, -0.25) is 0 Å². The lowest BCUT2D eigenvalue weighted by Crippen LogP contribution is -2.31. The number of nitrogens with zero attached hydrogens (tertiary/aromatic N) is 2. The van der Waals surface area contributed by atoms with E-state index in [0.29, 0.717) is 12.0 Å². The van der Waals surface area contributed by atoms with E-state index in [0.717, 1.165) is 25.2 Å². The zero-order chi connectivity index (χ0) is 15.2. The second kappa shape index (κ2) is 7.57. The zero-order valence-corrected chi connectivity index (χ0v) is 13.2. The van der Waals surface area contributed by atoms with Gasteiger partial charge in [-0.05, 0) is 31.5 Å². The van der Waals surface area contributed by atoms with Gasteiger partial charge < -0.3 is 9.88 Å². The van der Waals surface area contributed by atoms with E-state index < -0.39 is 0 Å². The number of hydrogen-bond acceptors (Lipinski definition) is 2. The summed E-state index contributed by atoms with van der Waals surface area (Å²) in [6.07, 6.45) is 6.22. The van der Waals surface area contributed by atoms with Crippen LogP contribution in [-0.4, -0.2) is 22.6 Å². The van der Waals surface area contributed by atoms with E-state index in [1.165, 1.54) is 0 Å². The molecule has 21 heavy (non-hydrogen) atoms. The molecule has 114 valence electrons. The molecule has 1 unspecified atom stereocenters. The van der Waals surface area contributed by atoms with Crippen molar-refractivity contribution in [3.63, 3.8) is 0 Å². The Hall–Kier alpha value is -1.39. The summed E-state index contributed by atoms with van der Waals surface area (Å²) in [5.41, 5.74) is 0.635. The third-order valence-electron chi connectivity index (χ3n) is 3.60. The molecule has 0 spiro atoms. The summed E-state index contributed by atoms with van der Waals surface area (Å²) in [5.74, 6) is 0.704. The van der Waals surface area contributed by atoms with Crippen molar-refractivity contribution in [3.05, 3.63) is 52.8 Å². The fourth-order valence-corrected chi connectivity index (χ4v) is 2.64. The Morgan fingerprint density at radius 3 is 2.90 bits per heavy atom. The minimum Gasteiger partial charge on any atom is -0.335 e. The van der Waals surface area contributed by atoms with Crippen molar-refractivity contribution in [2.75, 3.05) is 7.05 Å². The van der Waals surface area contributed by atoms with Crippen LogP contribution >= 0.6 is 11.6 Å². The highest BCUT2D eigenvalue weighted by molar-refractivity contribution is 6.30. The van der Waals surface area contributed by atoms with Gasteiger partial charge in [0.25, 0.3) is 0 Å². The highest BCUT2D eigenvalue weighted by atomic mass is 35.5. The monoisotopic (exact) mass is 309 g/mol. The van der Waals surface area contributed by atoms with Crippen LogP contribution in [-0.2, 0) is 19.4 Å². The summed E-state index contributed by atoms with van der Waals surface area (Å²) in [4.78, 5) is 4.41. The largest absolute Gasteiger partial charge is 0.335 e. The summed E-state index contributed by atoms with van der Waals surface area (Å²) in [6, 6.07) is 5.26. The van der Waals surface area contributed by atoms with E-state index >= 15 is 0 Å². The molecule has 5 heteroatoms. The molecule has 0 radical (unpaired) electrons. The van der Waals surface area contributed by atoms with Crippen LogP contribution < -0.4 is 5.32 Å². The predicted molar refractivity (Wildman–Crippen MR) is 84.2 cm³/mol. The molecule has 0 bridgehead atoms. The Morgan fingerprint density at radius 1 is 1.38 bits per heavy atom.